The highest BCUT2D eigenvalue weighted by molar-refractivity contribution is 7.09. The molecule has 0 aliphatic carbocycles. The summed E-state index contributed by atoms with van der Waals surface area (Å²) in [5.41, 5.74) is 0.841. The lowest BCUT2D eigenvalue weighted by atomic mass is 9.81. The molecule has 0 N–H and O–H groups in total. The molecule has 0 radical (unpaired) electrons. The Labute approximate surface area is 146 Å². The Morgan fingerprint density at radius 1 is 1.46 bits per heavy atom. The van der Waals surface area contributed by atoms with Gasteiger partial charge in [0.1, 0.15) is 0 Å². The second kappa shape index (κ2) is 6.74. The fourth-order valence-corrected chi connectivity index (χ4v) is 4.06. The molecule has 0 bridgehead atoms. The molecule has 1 aliphatic rings. The zero-order valence-corrected chi connectivity index (χ0v) is 14.8. The summed E-state index contributed by atoms with van der Waals surface area (Å²) in [6.07, 6.45) is 3.92. The number of piperidine rings is 1. The number of hydrogen-bond acceptors (Lipinski definition) is 4. The van der Waals surface area contributed by atoms with Gasteiger partial charge in [-0.2, -0.15) is 5.26 Å². The van der Waals surface area contributed by atoms with Crippen molar-refractivity contribution in [3.8, 4) is 6.07 Å². The largest absolute Gasteiger partial charge is 0.341 e. The van der Waals surface area contributed by atoms with Crippen LogP contribution in [0.5, 0.6) is 0 Å². The lowest BCUT2D eigenvalue weighted by molar-refractivity contribution is -0.137. The predicted molar refractivity (Wildman–Crippen MR) is 94.9 cm³/mol. The zero-order valence-electron chi connectivity index (χ0n) is 14.0. The van der Waals surface area contributed by atoms with E-state index in [2.05, 4.69) is 11.1 Å². The number of likely N-dealkylation sites (tertiary alicyclic amines) is 1. The van der Waals surface area contributed by atoms with E-state index in [1.54, 1.807) is 17.4 Å². The second-order valence-corrected chi connectivity index (χ2v) is 7.70. The summed E-state index contributed by atoms with van der Waals surface area (Å²) >= 11 is 1.67. The lowest BCUT2D eigenvalue weighted by Gasteiger charge is -2.37. The van der Waals surface area contributed by atoms with Crippen molar-refractivity contribution in [1.29, 1.82) is 5.26 Å². The number of rotatable bonds is 3. The Kier molecular flexibility index (Phi) is 4.68. The Morgan fingerprint density at radius 3 is 3.00 bits per heavy atom. The molecule has 5 heteroatoms. The van der Waals surface area contributed by atoms with E-state index in [1.807, 2.05) is 48.5 Å². The summed E-state index contributed by atoms with van der Waals surface area (Å²) in [5.74, 6) is 0.461. The van der Waals surface area contributed by atoms with Gasteiger partial charge in [0.15, 0.2) is 0 Å². The zero-order chi connectivity index (χ0) is 17.2. The van der Waals surface area contributed by atoms with Gasteiger partial charge in [0.25, 0.3) is 0 Å². The van der Waals surface area contributed by atoms with Crippen LogP contribution >= 0.6 is 11.3 Å². The van der Waals surface area contributed by atoms with Gasteiger partial charge in [-0.25, -0.2) is 4.98 Å². The van der Waals surface area contributed by atoms with Crippen LogP contribution < -0.4 is 0 Å². The highest BCUT2D eigenvalue weighted by Gasteiger charge is 2.36. The van der Waals surface area contributed by atoms with Crippen LogP contribution in [0.2, 0.25) is 0 Å². The summed E-state index contributed by atoms with van der Waals surface area (Å²) in [5, 5.41) is 12.2. The van der Waals surface area contributed by atoms with Gasteiger partial charge in [0, 0.05) is 30.6 Å². The molecule has 3 rings (SSSR count). The maximum atomic E-state index is 13.2. The molecule has 1 aliphatic heterocycles. The lowest BCUT2D eigenvalue weighted by Crippen LogP contribution is -2.47. The number of hydrogen-bond donors (Lipinski definition) is 0. The fourth-order valence-electron chi connectivity index (χ4n) is 3.30. The van der Waals surface area contributed by atoms with Crippen LogP contribution in [-0.2, 0) is 10.2 Å². The fraction of sp³-hybridized carbons (Fsp3) is 0.421. The average Bonchev–Trinajstić information content (AvgIpc) is 3.16. The van der Waals surface area contributed by atoms with Gasteiger partial charge >= 0.3 is 0 Å². The molecule has 1 fully saturated rings. The highest BCUT2D eigenvalue weighted by Crippen LogP contribution is 2.32. The van der Waals surface area contributed by atoms with E-state index < -0.39 is 5.41 Å². The van der Waals surface area contributed by atoms with Gasteiger partial charge in [-0.3, -0.25) is 4.79 Å². The smallest absolute Gasteiger partial charge is 0.232 e. The Morgan fingerprint density at radius 2 is 2.29 bits per heavy atom. The van der Waals surface area contributed by atoms with E-state index in [-0.39, 0.29) is 5.91 Å². The third-order valence-corrected chi connectivity index (χ3v) is 5.70. The summed E-state index contributed by atoms with van der Waals surface area (Å²) in [7, 11) is 0. The minimum atomic E-state index is -0.641. The molecule has 2 aromatic rings. The number of amides is 1. The number of aromatic nitrogens is 1. The maximum absolute atomic E-state index is 13.2. The summed E-state index contributed by atoms with van der Waals surface area (Å²) in [6, 6.07) is 9.51. The number of thiazole rings is 1. The summed E-state index contributed by atoms with van der Waals surface area (Å²) < 4.78 is 0. The molecule has 0 saturated carbocycles. The van der Waals surface area contributed by atoms with Gasteiger partial charge < -0.3 is 4.90 Å². The number of benzene rings is 1. The molecule has 1 aromatic carbocycles. The van der Waals surface area contributed by atoms with E-state index in [0.717, 1.165) is 36.5 Å². The van der Waals surface area contributed by atoms with Crippen LogP contribution in [0.1, 0.15) is 48.7 Å². The van der Waals surface area contributed by atoms with E-state index >= 15 is 0 Å². The minimum absolute atomic E-state index is 0.124. The first-order valence-electron chi connectivity index (χ1n) is 8.22. The van der Waals surface area contributed by atoms with Crippen molar-refractivity contribution in [2.45, 2.75) is 38.0 Å². The van der Waals surface area contributed by atoms with Gasteiger partial charge in [-0.05, 0) is 44.4 Å². The van der Waals surface area contributed by atoms with E-state index in [9.17, 15) is 4.79 Å². The summed E-state index contributed by atoms with van der Waals surface area (Å²) in [4.78, 5) is 19.5. The van der Waals surface area contributed by atoms with Crippen molar-refractivity contribution in [3.05, 3.63) is 52.0 Å². The van der Waals surface area contributed by atoms with Crippen LogP contribution in [0.15, 0.2) is 35.8 Å². The van der Waals surface area contributed by atoms with Crippen molar-refractivity contribution in [1.82, 2.24) is 9.88 Å². The molecule has 4 nitrogen and oxygen atoms in total. The first-order valence-corrected chi connectivity index (χ1v) is 9.09. The van der Waals surface area contributed by atoms with Crippen LogP contribution in [-0.4, -0.2) is 28.9 Å². The van der Waals surface area contributed by atoms with Crippen LogP contribution in [0, 0.1) is 11.3 Å². The van der Waals surface area contributed by atoms with E-state index in [4.69, 9.17) is 5.26 Å². The first-order chi connectivity index (χ1) is 11.5. The molecule has 1 atom stereocenters. The van der Waals surface area contributed by atoms with E-state index in [1.165, 1.54) is 0 Å². The predicted octanol–water partition coefficient (Wildman–Crippen LogP) is 3.70. The third-order valence-electron chi connectivity index (χ3n) is 4.76. The quantitative estimate of drug-likeness (QED) is 0.857. The van der Waals surface area contributed by atoms with Gasteiger partial charge in [-0.1, -0.05) is 12.1 Å². The van der Waals surface area contributed by atoms with Crippen LogP contribution in [0.3, 0.4) is 0 Å². The van der Waals surface area contributed by atoms with Gasteiger partial charge in [-0.15, -0.1) is 11.3 Å². The SMILES string of the molecule is CC(C)(C(=O)N1CCCC(c2nccs2)C1)c1cccc(C#N)c1. The van der Waals surface area contributed by atoms with Crippen LogP contribution in [0.4, 0.5) is 0 Å². The van der Waals surface area contributed by atoms with Crippen molar-refractivity contribution in [3.63, 3.8) is 0 Å². The monoisotopic (exact) mass is 339 g/mol. The average molecular weight is 339 g/mol. The van der Waals surface area contributed by atoms with E-state index in [0.29, 0.717) is 11.5 Å². The molecule has 1 aromatic heterocycles. The molecule has 2 heterocycles. The number of carbonyl (C=O) groups excluding carboxylic acids is 1. The highest BCUT2D eigenvalue weighted by atomic mass is 32.1. The van der Waals surface area contributed by atoms with Crippen molar-refractivity contribution in [2.24, 2.45) is 0 Å². The molecule has 1 unspecified atom stereocenters. The van der Waals surface area contributed by atoms with Crippen molar-refractivity contribution >= 4 is 17.2 Å². The Hall–Kier alpha value is -2.19. The molecule has 124 valence electrons. The standard InChI is InChI=1S/C19H21N3OS/c1-19(2,16-7-3-5-14(11-16)12-20)18(23)22-9-4-6-15(13-22)17-21-8-10-24-17/h3,5,7-8,10-11,15H,4,6,9,13H2,1-2H3. The molecule has 1 saturated heterocycles. The Bertz CT molecular complexity index is 761. The van der Waals surface area contributed by atoms with Crippen molar-refractivity contribution in [2.75, 3.05) is 13.1 Å². The molecular formula is C19H21N3OS. The number of nitrogens with zero attached hydrogens (tertiary/aromatic N) is 3. The third kappa shape index (κ3) is 3.20. The summed E-state index contributed by atoms with van der Waals surface area (Å²) in [6.45, 7) is 5.41. The molecule has 0 spiro atoms. The van der Waals surface area contributed by atoms with Crippen molar-refractivity contribution < 1.29 is 4.79 Å². The Balaban J connectivity index is 1.80. The van der Waals surface area contributed by atoms with Gasteiger partial charge in [0.2, 0.25) is 5.91 Å². The molecule has 24 heavy (non-hydrogen) atoms. The maximum Gasteiger partial charge on any atom is 0.232 e. The minimum Gasteiger partial charge on any atom is -0.341 e. The second-order valence-electron chi connectivity index (χ2n) is 6.78. The van der Waals surface area contributed by atoms with Gasteiger partial charge in [0.05, 0.1) is 22.1 Å². The van der Waals surface area contributed by atoms with Crippen LogP contribution in [0.25, 0.3) is 0 Å². The number of nitriles is 1. The first kappa shape index (κ1) is 16.7. The number of carbonyl (C=O) groups is 1. The normalized spacial score (nSPS) is 18.2. The topological polar surface area (TPSA) is 57.0 Å². The molecular weight excluding hydrogens is 318 g/mol. The molecule has 1 amide bonds.